The smallest absolute Gasteiger partial charge is 0.0947 e. The number of rotatable bonds is 6. The second-order valence-electron chi connectivity index (χ2n) is 5.52. The van der Waals surface area contributed by atoms with Crippen molar-refractivity contribution in [2.45, 2.75) is 32.4 Å². The molecule has 2 rings (SSSR count). The molecular weight excluding hydrogens is 238 g/mol. The van der Waals surface area contributed by atoms with Crippen LogP contribution in [0.2, 0.25) is 0 Å². The van der Waals surface area contributed by atoms with E-state index < -0.39 is 0 Å². The Balaban J connectivity index is 1.70. The van der Waals surface area contributed by atoms with Crippen LogP contribution >= 0.6 is 0 Å². The second-order valence-corrected chi connectivity index (χ2v) is 5.52. The molecule has 0 saturated carbocycles. The Morgan fingerprint density at radius 3 is 3.05 bits per heavy atom. The third-order valence-electron chi connectivity index (χ3n) is 3.98. The van der Waals surface area contributed by atoms with E-state index in [1.165, 1.54) is 38.0 Å². The molecule has 0 aromatic carbocycles. The summed E-state index contributed by atoms with van der Waals surface area (Å²) in [6.07, 6.45) is 6.07. The lowest BCUT2D eigenvalue weighted by Crippen LogP contribution is -2.42. The molecule has 4 nitrogen and oxygen atoms in total. The van der Waals surface area contributed by atoms with E-state index in [0.717, 1.165) is 19.6 Å². The molecule has 1 aliphatic heterocycles. The van der Waals surface area contributed by atoms with E-state index >= 15 is 0 Å². The SMILES string of the molecule is CCC1CN(C)CCCN1CCNCc1ccoc1. The van der Waals surface area contributed by atoms with Crippen LogP contribution < -0.4 is 5.32 Å². The van der Waals surface area contributed by atoms with Crippen LogP contribution in [0.1, 0.15) is 25.3 Å². The van der Waals surface area contributed by atoms with Crippen molar-refractivity contribution in [1.29, 1.82) is 0 Å². The highest BCUT2D eigenvalue weighted by molar-refractivity contribution is 5.04. The van der Waals surface area contributed by atoms with Gasteiger partial charge in [0, 0.05) is 37.8 Å². The quantitative estimate of drug-likeness (QED) is 0.795. The zero-order valence-electron chi connectivity index (χ0n) is 12.3. The van der Waals surface area contributed by atoms with Crippen molar-refractivity contribution in [1.82, 2.24) is 15.1 Å². The fourth-order valence-corrected chi connectivity index (χ4v) is 2.82. The molecule has 0 spiro atoms. The third kappa shape index (κ3) is 4.64. The van der Waals surface area contributed by atoms with Crippen molar-refractivity contribution in [3.8, 4) is 0 Å². The van der Waals surface area contributed by atoms with Crippen LogP contribution in [0, 0.1) is 0 Å². The summed E-state index contributed by atoms with van der Waals surface area (Å²) in [5.74, 6) is 0. The summed E-state index contributed by atoms with van der Waals surface area (Å²) >= 11 is 0. The first-order chi connectivity index (χ1) is 9.29. The first-order valence-electron chi connectivity index (χ1n) is 7.44. The Hall–Kier alpha value is -0.840. The Labute approximate surface area is 116 Å². The van der Waals surface area contributed by atoms with Gasteiger partial charge in [0.25, 0.3) is 0 Å². The Morgan fingerprint density at radius 2 is 2.32 bits per heavy atom. The van der Waals surface area contributed by atoms with Crippen LogP contribution in [0.5, 0.6) is 0 Å². The molecule has 1 saturated heterocycles. The van der Waals surface area contributed by atoms with Gasteiger partial charge in [-0.15, -0.1) is 0 Å². The maximum atomic E-state index is 5.07. The van der Waals surface area contributed by atoms with Crippen molar-refractivity contribution in [2.75, 3.05) is 39.8 Å². The van der Waals surface area contributed by atoms with Crippen molar-refractivity contribution in [3.63, 3.8) is 0 Å². The fraction of sp³-hybridized carbons (Fsp3) is 0.733. The van der Waals surface area contributed by atoms with Crippen molar-refractivity contribution < 1.29 is 4.42 Å². The molecule has 1 aliphatic rings. The lowest BCUT2D eigenvalue weighted by atomic mass is 10.2. The number of likely N-dealkylation sites (N-methyl/N-ethyl adjacent to an activating group) is 1. The van der Waals surface area contributed by atoms with Gasteiger partial charge in [0.2, 0.25) is 0 Å². The first-order valence-corrected chi connectivity index (χ1v) is 7.44. The zero-order valence-corrected chi connectivity index (χ0v) is 12.3. The van der Waals surface area contributed by atoms with E-state index in [-0.39, 0.29) is 0 Å². The summed E-state index contributed by atoms with van der Waals surface area (Å²) in [6, 6.07) is 2.73. The van der Waals surface area contributed by atoms with Gasteiger partial charge < -0.3 is 14.6 Å². The number of nitrogens with one attached hydrogen (secondary N) is 1. The zero-order chi connectivity index (χ0) is 13.5. The van der Waals surface area contributed by atoms with Crippen LogP contribution in [0.15, 0.2) is 23.0 Å². The fourth-order valence-electron chi connectivity index (χ4n) is 2.82. The van der Waals surface area contributed by atoms with Crippen LogP contribution in [0.25, 0.3) is 0 Å². The number of nitrogens with zero attached hydrogens (tertiary/aromatic N) is 2. The monoisotopic (exact) mass is 265 g/mol. The summed E-state index contributed by atoms with van der Waals surface area (Å²) in [7, 11) is 2.24. The normalized spacial score (nSPS) is 22.5. The van der Waals surface area contributed by atoms with Crippen molar-refractivity contribution in [3.05, 3.63) is 24.2 Å². The van der Waals surface area contributed by atoms with Gasteiger partial charge in [-0.3, -0.25) is 4.90 Å². The van der Waals surface area contributed by atoms with Gasteiger partial charge in [0.1, 0.15) is 0 Å². The van der Waals surface area contributed by atoms with Gasteiger partial charge in [-0.25, -0.2) is 0 Å². The largest absolute Gasteiger partial charge is 0.472 e. The maximum absolute atomic E-state index is 5.07. The average Bonchev–Trinajstić information content (AvgIpc) is 2.85. The predicted octanol–water partition coefficient (Wildman–Crippen LogP) is 1.79. The van der Waals surface area contributed by atoms with Gasteiger partial charge in [-0.05, 0) is 39.0 Å². The third-order valence-corrected chi connectivity index (χ3v) is 3.98. The van der Waals surface area contributed by atoms with E-state index in [1.807, 2.05) is 12.3 Å². The summed E-state index contributed by atoms with van der Waals surface area (Å²) in [5.41, 5.74) is 1.22. The molecule has 0 aliphatic carbocycles. The molecule has 1 fully saturated rings. The van der Waals surface area contributed by atoms with Gasteiger partial charge in [0.15, 0.2) is 0 Å². The maximum Gasteiger partial charge on any atom is 0.0947 e. The standard InChI is InChI=1S/C15H27N3O/c1-3-15-12-17(2)7-4-8-18(15)9-6-16-11-14-5-10-19-13-14/h5,10,13,15-16H,3-4,6-9,11-12H2,1-2H3. The van der Waals surface area contributed by atoms with Crippen molar-refractivity contribution >= 4 is 0 Å². The second kappa shape index (κ2) is 7.68. The van der Waals surface area contributed by atoms with Crippen molar-refractivity contribution in [2.24, 2.45) is 0 Å². The number of hydrogen-bond acceptors (Lipinski definition) is 4. The molecule has 1 N–H and O–H groups in total. The molecule has 108 valence electrons. The molecule has 0 radical (unpaired) electrons. The molecule has 1 aromatic rings. The number of hydrogen-bond donors (Lipinski definition) is 1. The van der Waals surface area contributed by atoms with Crippen LogP contribution in [-0.4, -0.2) is 55.6 Å². The van der Waals surface area contributed by atoms with E-state index in [2.05, 4.69) is 29.1 Å². The summed E-state index contributed by atoms with van der Waals surface area (Å²) in [6.45, 7) is 9.07. The Bertz CT molecular complexity index is 339. The Morgan fingerprint density at radius 1 is 1.42 bits per heavy atom. The minimum atomic E-state index is 0.711. The minimum Gasteiger partial charge on any atom is -0.472 e. The molecule has 1 aromatic heterocycles. The predicted molar refractivity (Wildman–Crippen MR) is 78.2 cm³/mol. The lowest BCUT2D eigenvalue weighted by molar-refractivity contribution is 0.184. The van der Waals surface area contributed by atoms with E-state index in [4.69, 9.17) is 4.42 Å². The topological polar surface area (TPSA) is 31.6 Å². The van der Waals surface area contributed by atoms with Gasteiger partial charge in [-0.2, -0.15) is 0 Å². The average molecular weight is 265 g/mol. The highest BCUT2D eigenvalue weighted by Gasteiger charge is 2.21. The van der Waals surface area contributed by atoms with Crippen LogP contribution in [0.4, 0.5) is 0 Å². The highest BCUT2D eigenvalue weighted by atomic mass is 16.3. The minimum absolute atomic E-state index is 0.711. The van der Waals surface area contributed by atoms with E-state index in [1.54, 1.807) is 6.26 Å². The van der Waals surface area contributed by atoms with E-state index in [9.17, 15) is 0 Å². The first kappa shape index (κ1) is 14.6. The Kier molecular flexibility index (Phi) is 5.89. The molecular formula is C15H27N3O. The molecule has 1 atom stereocenters. The van der Waals surface area contributed by atoms with Crippen LogP contribution in [-0.2, 0) is 6.54 Å². The lowest BCUT2D eigenvalue weighted by Gasteiger charge is -2.30. The molecule has 0 amide bonds. The summed E-state index contributed by atoms with van der Waals surface area (Å²) in [5, 5.41) is 3.50. The summed E-state index contributed by atoms with van der Waals surface area (Å²) in [4.78, 5) is 5.11. The number of furan rings is 1. The highest BCUT2D eigenvalue weighted by Crippen LogP contribution is 2.11. The van der Waals surface area contributed by atoms with Gasteiger partial charge in [0.05, 0.1) is 12.5 Å². The van der Waals surface area contributed by atoms with Gasteiger partial charge in [-0.1, -0.05) is 6.92 Å². The summed E-state index contributed by atoms with van der Waals surface area (Å²) < 4.78 is 5.07. The molecule has 2 heterocycles. The van der Waals surface area contributed by atoms with E-state index in [0.29, 0.717) is 6.04 Å². The van der Waals surface area contributed by atoms with Gasteiger partial charge >= 0.3 is 0 Å². The molecule has 0 bridgehead atoms. The molecule has 1 unspecified atom stereocenters. The molecule has 4 heteroatoms. The van der Waals surface area contributed by atoms with Crippen LogP contribution in [0.3, 0.4) is 0 Å². The molecule has 19 heavy (non-hydrogen) atoms.